The molecule has 0 aromatic carbocycles. The lowest BCUT2D eigenvalue weighted by Crippen LogP contribution is -2.44. The lowest BCUT2D eigenvalue weighted by atomic mass is 10.2. The highest BCUT2D eigenvalue weighted by atomic mass is 16.5. The Labute approximate surface area is 123 Å². The van der Waals surface area contributed by atoms with E-state index >= 15 is 0 Å². The van der Waals surface area contributed by atoms with Crippen molar-refractivity contribution in [1.29, 1.82) is 0 Å². The van der Waals surface area contributed by atoms with Crippen molar-refractivity contribution in [2.24, 2.45) is 7.05 Å². The van der Waals surface area contributed by atoms with Crippen molar-refractivity contribution < 1.29 is 9.53 Å². The smallest absolute Gasteiger partial charge is 0.242 e. The van der Waals surface area contributed by atoms with Gasteiger partial charge in [-0.15, -0.1) is 0 Å². The van der Waals surface area contributed by atoms with Gasteiger partial charge in [-0.3, -0.25) is 4.79 Å². The van der Waals surface area contributed by atoms with Crippen LogP contribution in [0.1, 0.15) is 17.6 Å². The van der Waals surface area contributed by atoms with Crippen molar-refractivity contribution in [2.45, 2.75) is 19.6 Å². The zero-order chi connectivity index (χ0) is 14.8. The van der Waals surface area contributed by atoms with Crippen molar-refractivity contribution in [3.05, 3.63) is 36.4 Å². The van der Waals surface area contributed by atoms with Crippen molar-refractivity contribution in [3.63, 3.8) is 0 Å². The number of carbonyl (C=O) groups is 1. The molecule has 0 bridgehead atoms. The highest BCUT2D eigenvalue weighted by molar-refractivity contribution is 5.76. The second-order valence-electron chi connectivity index (χ2n) is 5.29. The van der Waals surface area contributed by atoms with Crippen molar-refractivity contribution in [2.75, 3.05) is 19.7 Å². The molecule has 3 heterocycles. The fraction of sp³-hybridized carbons (Fsp3) is 0.500. The molecule has 1 aliphatic rings. The summed E-state index contributed by atoms with van der Waals surface area (Å²) in [6, 6.07) is 0. The molecular formula is C14H19N5O2. The first-order valence-electron chi connectivity index (χ1n) is 6.98. The summed E-state index contributed by atoms with van der Waals surface area (Å²) in [5, 5.41) is 0. The molecule has 3 rings (SSSR count). The number of carbonyl (C=O) groups excluding carboxylic acids is 1. The largest absolute Gasteiger partial charge is 0.367 e. The normalized spacial score (nSPS) is 19.0. The number of imidazole rings is 2. The van der Waals surface area contributed by atoms with Crippen molar-refractivity contribution >= 4 is 5.91 Å². The SMILES string of the molecule is Cc1cn(C)c(C2CN(C(=O)Cn3ccnc3)CCO2)n1. The summed E-state index contributed by atoms with van der Waals surface area (Å²) < 4.78 is 9.52. The van der Waals surface area contributed by atoms with Crippen LogP contribution in [0.25, 0.3) is 0 Å². The van der Waals surface area contributed by atoms with E-state index in [1.807, 2.05) is 29.6 Å². The van der Waals surface area contributed by atoms with Gasteiger partial charge in [0.2, 0.25) is 5.91 Å². The Kier molecular flexibility index (Phi) is 3.74. The minimum atomic E-state index is -0.163. The van der Waals surface area contributed by atoms with Crippen LogP contribution < -0.4 is 0 Å². The third-order valence-electron chi connectivity index (χ3n) is 3.62. The number of aromatic nitrogens is 4. The van der Waals surface area contributed by atoms with E-state index in [4.69, 9.17) is 4.74 Å². The predicted octanol–water partition coefficient (Wildman–Crippen LogP) is 0.525. The molecule has 0 spiro atoms. The Morgan fingerprint density at radius 2 is 2.38 bits per heavy atom. The number of amides is 1. The standard InChI is InChI=1S/C14H19N5O2/c1-11-7-17(2)14(16-11)12-8-19(5-6-21-12)13(20)9-18-4-3-15-10-18/h3-4,7,10,12H,5-6,8-9H2,1-2H3. The van der Waals surface area contributed by atoms with Gasteiger partial charge in [-0.2, -0.15) is 0 Å². The molecule has 1 unspecified atom stereocenters. The maximum atomic E-state index is 12.3. The van der Waals surface area contributed by atoms with E-state index < -0.39 is 0 Å². The molecule has 0 aliphatic carbocycles. The quantitative estimate of drug-likeness (QED) is 0.826. The third-order valence-corrected chi connectivity index (χ3v) is 3.62. The Morgan fingerprint density at radius 1 is 1.52 bits per heavy atom. The molecule has 0 N–H and O–H groups in total. The Hall–Kier alpha value is -2.15. The van der Waals surface area contributed by atoms with Gasteiger partial charge in [0, 0.05) is 32.2 Å². The highest BCUT2D eigenvalue weighted by Gasteiger charge is 2.28. The van der Waals surface area contributed by atoms with Gasteiger partial charge in [-0.05, 0) is 6.92 Å². The summed E-state index contributed by atoms with van der Waals surface area (Å²) in [5.74, 6) is 0.944. The molecule has 1 aliphatic heterocycles. The van der Waals surface area contributed by atoms with E-state index in [0.717, 1.165) is 11.5 Å². The van der Waals surface area contributed by atoms with Crippen LogP contribution in [0.3, 0.4) is 0 Å². The van der Waals surface area contributed by atoms with Gasteiger partial charge < -0.3 is 18.8 Å². The molecule has 1 atom stereocenters. The van der Waals surface area contributed by atoms with Crippen molar-refractivity contribution in [1.82, 2.24) is 24.0 Å². The molecule has 112 valence electrons. The molecule has 1 fully saturated rings. The Balaban J connectivity index is 1.68. The van der Waals surface area contributed by atoms with Gasteiger partial charge in [-0.25, -0.2) is 9.97 Å². The fourth-order valence-corrected chi connectivity index (χ4v) is 2.60. The van der Waals surface area contributed by atoms with Crippen LogP contribution in [-0.2, 0) is 23.1 Å². The monoisotopic (exact) mass is 289 g/mol. The van der Waals surface area contributed by atoms with Gasteiger partial charge in [0.1, 0.15) is 18.5 Å². The molecule has 0 radical (unpaired) electrons. The molecule has 7 nitrogen and oxygen atoms in total. The first-order valence-corrected chi connectivity index (χ1v) is 6.98. The molecule has 2 aromatic heterocycles. The van der Waals surface area contributed by atoms with Crippen LogP contribution in [0, 0.1) is 6.92 Å². The lowest BCUT2D eigenvalue weighted by Gasteiger charge is -2.32. The van der Waals surface area contributed by atoms with Gasteiger partial charge >= 0.3 is 0 Å². The van der Waals surface area contributed by atoms with E-state index in [1.54, 1.807) is 23.3 Å². The number of nitrogens with zero attached hydrogens (tertiary/aromatic N) is 5. The summed E-state index contributed by atoms with van der Waals surface area (Å²) in [4.78, 5) is 22.6. The molecule has 2 aromatic rings. The van der Waals surface area contributed by atoms with Gasteiger partial charge in [0.15, 0.2) is 0 Å². The lowest BCUT2D eigenvalue weighted by molar-refractivity contribution is -0.140. The third kappa shape index (κ3) is 2.97. The average Bonchev–Trinajstić information content (AvgIpc) is 3.08. The fourth-order valence-electron chi connectivity index (χ4n) is 2.60. The van der Waals surface area contributed by atoms with Crippen LogP contribution in [0.4, 0.5) is 0 Å². The molecule has 1 saturated heterocycles. The van der Waals surface area contributed by atoms with Gasteiger partial charge in [0.05, 0.1) is 25.2 Å². The van der Waals surface area contributed by atoms with Gasteiger partial charge in [0.25, 0.3) is 0 Å². The molecule has 21 heavy (non-hydrogen) atoms. The van der Waals surface area contributed by atoms with Crippen LogP contribution >= 0.6 is 0 Å². The van der Waals surface area contributed by atoms with Crippen LogP contribution in [-0.4, -0.2) is 49.6 Å². The summed E-state index contributed by atoms with van der Waals surface area (Å²) in [6.07, 6.45) is 6.91. The number of aryl methyl sites for hydroxylation is 2. The van der Waals surface area contributed by atoms with E-state index in [-0.39, 0.29) is 12.0 Å². The predicted molar refractivity (Wildman–Crippen MR) is 75.4 cm³/mol. The Bertz CT molecular complexity index is 619. The second-order valence-corrected chi connectivity index (χ2v) is 5.29. The number of hydrogen-bond donors (Lipinski definition) is 0. The molecule has 1 amide bonds. The molecule has 7 heteroatoms. The summed E-state index contributed by atoms with van der Waals surface area (Å²) in [7, 11) is 1.95. The number of morpholine rings is 1. The zero-order valence-corrected chi connectivity index (χ0v) is 12.3. The molecule has 0 saturated carbocycles. The van der Waals surface area contributed by atoms with E-state index in [0.29, 0.717) is 26.2 Å². The van der Waals surface area contributed by atoms with Crippen LogP contribution in [0.2, 0.25) is 0 Å². The topological polar surface area (TPSA) is 65.2 Å². The van der Waals surface area contributed by atoms with Gasteiger partial charge in [-0.1, -0.05) is 0 Å². The van der Waals surface area contributed by atoms with E-state index in [9.17, 15) is 4.79 Å². The highest BCUT2D eigenvalue weighted by Crippen LogP contribution is 2.21. The maximum Gasteiger partial charge on any atom is 0.242 e. The van der Waals surface area contributed by atoms with E-state index in [2.05, 4.69) is 9.97 Å². The average molecular weight is 289 g/mol. The second kappa shape index (κ2) is 5.69. The number of hydrogen-bond acceptors (Lipinski definition) is 4. The number of rotatable bonds is 3. The number of ether oxygens (including phenoxy) is 1. The van der Waals surface area contributed by atoms with E-state index in [1.165, 1.54) is 0 Å². The van der Waals surface area contributed by atoms with Crippen LogP contribution in [0.15, 0.2) is 24.9 Å². The summed E-state index contributed by atoms with van der Waals surface area (Å²) in [6.45, 7) is 3.96. The Morgan fingerprint density at radius 3 is 3.05 bits per heavy atom. The maximum absolute atomic E-state index is 12.3. The first kappa shape index (κ1) is 13.8. The zero-order valence-electron chi connectivity index (χ0n) is 12.3. The summed E-state index contributed by atoms with van der Waals surface area (Å²) in [5.41, 5.74) is 0.956. The minimum Gasteiger partial charge on any atom is -0.367 e. The van der Waals surface area contributed by atoms with Crippen LogP contribution in [0.5, 0.6) is 0 Å². The first-order chi connectivity index (χ1) is 10.1. The van der Waals surface area contributed by atoms with Crippen molar-refractivity contribution in [3.8, 4) is 0 Å². The molecular weight excluding hydrogens is 270 g/mol. The summed E-state index contributed by atoms with van der Waals surface area (Å²) >= 11 is 0. The minimum absolute atomic E-state index is 0.0761.